The van der Waals surface area contributed by atoms with E-state index in [1.807, 2.05) is 0 Å². The van der Waals surface area contributed by atoms with E-state index in [0.29, 0.717) is 19.4 Å². The van der Waals surface area contributed by atoms with E-state index in [9.17, 15) is 34.5 Å². The molecule has 0 radical (unpaired) electrons. The van der Waals surface area contributed by atoms with Gasteiger partial charge in [-0.2, -0.15) is 0 Å². The Morgan fingerprint density at radius 2 is 1.64 bits per heavy atom. The zero-order valence-electron chi connectivity index (χ0n) is 21.0. The van der Waals surface area contributed by atoms with E-state index in [-0.39, 0.29) is 19.4 Å². The summed E-state index contributed by atoms with van der Waals surface area (Å²) in [6.07, 6.45) is -3.63. The molecule has 1 rings (SSSR count). The Morgan fingerprint density at radius 3 is 2.28 bits per heavy atom. The lowest BCUT2D eigenvalue weighted by Crippen LogP contribution is -2.57. The van der Waals surface area contributed by atoms with Crippen LogP contribution in [0.5, 0.6) is 0 Å². The quantitative estimate of drug-likeness (QED) is 0.118. The molecule has 5 unspecified atom stereocenters. The standard InChI is InChI=1S/C22H40N4O10/c1-12(25-22(33)34-3)19(31)26-14(8-9-15(23)27)20(32)24-10-6-4-5-7-11-35-21-18(30)17(29)16(28)13(2)36-21/h12-14,16-18,21,28-30H,4-11H2,1-3H3,(H2,23,27)(H,24,32)(H,25,33)(H,26,31)/t12-,13?,14-,16?,17?,18?,21?/m0/s1. The van der Waals surface area contributed by atoms with Crippen LogP contribution in [0.25, 0.3) is 0 Å². The van der Waals surface area contributed by atoms with Crippen LogP contribution >= 0.6 is 0 Å². The largest absolute Gasteiger partial charge is 0.453 e. The second-order valence-corrected chi connectivity index (χ2v) is 8.68. The van der Waals surface area contributed by atoms with Gasteiger partial charge in [0.05, 0.1) is 13.2 Å². The summed E-state index contributed by atoms with van der Waals surface area (Å²) in [4.78, 5) is 47.2. The fraction of sp³-hybridized carbons (Fsp3) is 0.818. The Balaban J connectivity index is 2.32. The van der Waals surface area contributed by atoms with Crippen LogP contribution in [-0.2, 0) is 28.6 Å². The molecule has 208 valence electrons. The second-order valence-electron chi connectivity index (χ2n) is 8.68. The van der Waals surface area contributed by atoms with E-state index in [4.69, 9.17) is 15.2 Å². The Labute approximate surface area is 210 Å². The van der Waals surface area contributed by atoms with E-state index in [2.05, 4.69) is 20.7 Å². The summed E-state index contributed by atoms with van der Waals surface area (Å²) in [5, 5.41) is 36.9. The highest BCUT2D eigenvalue weighted by Crippen LogP contribution is 2.22. The van der Waals surface area contributed by atoms with Crippen LogP contribution in [-0.4, -0.2) is 102 Å². The Hall–Kier alpha value is -2.52. The summed E-state index contributed by atoms with van der Waals surface area (Å²) in [6.45, 7) is 3.62. The number of aliphatic hydroxyl groups is 3. The first-order valence-corrected chi connectivity index (χ1v) is 12.0. The maximum atomic E-state index is 12.5. The molecule has 1 fully saturated rings. The number of aliphatic hydroxyl groups excluding tert-OH is 3. The number of nitrogens with two attached hydrogens (primary N) is 1. The van der Waals surface area contributed by atoms with E-state index in [1.165, 1.54) is 6.92 Å². The molecule has 0 saturated carbocycles. The van der Waals surface area contributed by atoms with Gasteiger partial charge in [-0.25, -0.2) is 4.79 Å². The van der Waals surface area contributed by atoms with Crippen molar-refractivity contribution in [1.82, 2.24) is 16.0 Å². The number of carbonyl (C=O) groups is 4. The number of hydrogen-bond donors (Lipinski definition) is 7. The molecule has 0 spiro atoms. The summed E-state index contributed by atoms with van der Waals surface area (Å²) >= 11 is 0. The molecule has 8 N–H and O–H groups in total. The van der Waals surface area contributed by atoms with Gasteiger partial charge in [0, 0.05) is 19.6 Å². The molecular weight excluding hydrogens is 480 g/mol. The van der Waals surface area contributed by atoms with E-state index in [0.717, 1.165) is 20.0 Å². The number of amides is 4. The molecule has 0 aromatic heterocycles. The Kier molecular flexibility index (Phi) is 14.2. The zero-order valence-corrected chi connectivity index (χ0v) is 21.0. The smallest absolute Gasteiger partial charge is 0.407 e. The van der Waals surface area contributed by atoms with Gasteiger partial charge in [0.15, 0.2) is 6.29 Å². The predicted molar refractivity (Wildman–Crippen MR) is 125 cm³/mol. The molecule has 0 aromatic carbocycles. The third-order valence-corrected chi connectivity index (χ3v) is 5.69. The van der Waals surface area contributed by atoms with Gasteiger partial charge in [0.2, 0.25) is 17.7 Å². The minimum Gasteiger partial charge on any atom is -0.453 e. The van der Waals surface area contributed by atoms with Crippen molar-refractivity contribution in [1.29, 1.82) is 0 Å². The first-order chi connectivity index (χ1) is 17.0. The molecule has 0 aromatic rings. The third-order valence-electron chi connectivity index (χ3n) is 5.69. The van der Waals surface area contributed by atoms with Crippen molar-refractivity contribution in [3.8, 4) is 0 Å². The monoisotopic (exact) mass is 520 g/mol. The van der Waals surface area contributed by atoms with Crippen LogP contribution in [0.2, 0.25) is 0 Å². The normalized spacial score (nSPS) is 25.3. The first kappa shape index (κ1) is 31.5. The number of ether oxygens (including phenoxy) is 3. The summed E-state index contributed by atoms with van der Waals surface area (Å²) < 4.78 is 15.3. The lowest BCUT2D eigenvalue weighted by Gasteiger charge is -2.38. The molecule has 1 heterocycles. The van der Waals surface area contributed by atoms with E-state index in [1.54, 1.807) is 6.92 Å². The van der Waals surface area contributed by atoms with Crippen LogP contribution in [0.3, 0.4) is 0 Å². The summed E-state index contributed by atoms with van der Waals surface area (Å²) in [6, 6.07) is -1.96. The lowest BCUT2D eigenvalue weighted by molar-refractivity contribution is -0.293. The molecule has 0 bridgehead atoms. The topological polar surface area (TPSA) is 219 Å². The number of hydrogen-bond acceptors (Lipinski definition) is 10. The zero-order chi connectivity index (χ0) is 27.3. The Bertz CT molecular complexity index is 725. The average molecular weight is 521 g/mol. The molecule has 1 aliphatic rings. The summed E-state index contributed by atoms with van der Waals surface area (Å²) in [5.41, 5.74) is 5.16. The van der Waals surface area contributed by atoms with Gasteiger partial charge >= 0.3 is 6.09 Å². The number of rotatable bonds is 15. The van der Waals surface area contributed by atoms with Crippen molar-refractivity contribution in [2.24, 2.45) is 5.73 Å². The molecule has 14 heteroatoms. The predicted octanol–water partition coefficient (Wildman–Crippen LogP) is -2.00. The SMILES string of the molecule is COC(=O)N[C@@H](C)C(=O)N[C@@H](CCC(N)=O)C(=O)NCCCCCCOC1OC(C)C(O)C(O)C1O. The first-order valence-electron chi connectivity index (χ1n) is 12.0. The van der Waals surface area contributed by atoms with E-state index >= 15 is 0 Å². The van der Waals surface area contributed by atoms with Gasteiger partial charge in [-0.15, -0.1) is 0 Å². The molecule has 14 nitrogen and oxygen atoms in total. The average Bonchev–Trinajstić information content (AvgIpc) is 2.84. The molecule has 1 aliphatic heterocycles. The van der Waals surface area contributed by atoms with Crippen LogP contribution in [0, 0.1) is 0 Å². The Morgan fingerprint density at radius 1 is 0.972 bits per heavy atom. The fourth-order valence-electron chi connectivity index (χ4n) is 3.42. The van der Waals surface area contributed by atoms with Gasteiger partial charge in [-0.05, 0) is 33.1 Å². The molecular formula is C22H40N4O10. The van der Waals surface area contributed by atoms with Gasteiger partial charge in [0.1, 0.15) is 30.4 Å². The number of carbonyl (C=O) groups excluding carboxylic acids is 4. The van der Waals surface area contributed by atoms with E-state index < -0.39 is 66.6 Å². The molecule has 4 amide bonds. The van der Waals surface area contributed by atoms with Crippen LogP contribution in [0.4, 0.5) is 4.79 Å². The summed E-state index contributed by atoms with van der Waals surface area (Å²) in [7, 11) is 1.16. The van der Waals surface area contributed by atoms with Crippen molar-refractivity contribution in [2.75, 3.05) is 20.3 Å². The van der Waals surface area contributed by atoms with Gasteiger partial charge in [-0.3, -0.25) is 14.4 Å². The minimum absolute atomic E-state index is 0.00855. The lowest BCUT2D eigenvalue weighted by atomic mass is 10.0. The van der Waals surface area contributed by atoms with Crippen LogP contribution < -0.4 is 21.7 Å². The number of unbranched alkanes of at least 4 members (excludes halogenated alkanes) is 3. The highest BCUT2D eigenvalue weighted by molar-refractivity contribution is 5.91. The molecule has 0 aliphatic carbocycles. The van der Waals surface area contributed by atoms with Gasteiger partial charge < -0.3 is 51.2 Å². The van der Waals surface area contributed by atoms with Crippen LogP contribution in [0.15, 0.2) is 0 Å². The fourth-order valence-corrected chi connectivity index (χ4v) is 3.42. The van der Waals surface area contributed by atoms with Gasteiger partial charge in [-0.1, -0.05) is 12.8 Å². The van der Waals surface area contributed by atoms with Crippen molar-refractivity contribution >= 4 is 23.8 Å². The number of methoxy groups -OCH3 is 1. The molecule has 36 heavy (non-hydrogen) atoms. The third kappa shape index (κ3) is 11.0. The van der Waals surface area contributed by atoms with Crippen molar-refractivity contribution in [3.63, 3.8) is 0 Å². The number of nitrogens with one attached hydrogen (secondary N) is 3. The van der Waals surface area contributed by atoms with Gasteiger partial charge in [0.25, 0.3) is 0 Å². The number of primary amides is 1. The second kappa shape index (κ2) is 16.3. The van der Waals surface area contributed by atoms with Crippen molar-refractivity contribution < 1.29 is 48.7 Å². The number of alkyl carbamates (subject to hydrolysis) is 1. The molecule has 7 atom stereocenters. The maximum absolute atomic E-state index is 12.5. The highest BCUT2D eigenvalue weighted by atomic mass is 16.7. The van der Waals surface area contributed by atoms with Crippen LogP contribution in [0.1, 0.15) is 52.4 Å². The van der Waals surface area contributed by atoms with Crippen molar-refractivity contribution in [2.45, 2.75) is 95.2 Å². The highest BCUT2D eigenvalue weighted by Gasteiger charge is 2.42. The minimum atomic E-state index is -1.34. The summed E-state index contributed by atoms with van der Waals surface area (Å²) in [5.74, 6) is -1.71. The van der Waals surface area contributed by atoms with Crippen molar-refractivity contribution in [3.05, 3.63) is 0 Å². The molecule has 1 saturated heterocycles. The maximum Gasteiger partial charge on any atom is 0.407 e.